The smallest absolute Gasteiger partial charge is 0.153 e. The zero-order chi connectivity index (χ0) is 12.4. The Morgan fingerprint density at radius 3 is 2.47 bits per heavy atom. The molecule has 0 heterocycles. The zero-order valence-corrected chi connectivity index (χ0v) is 10.1. The summed E-state index contributed by atoms with van der Waals surface area (Å²) >= 11 is 11.8. The third-order valence-corrected chi connectivity index (χ3v) is 2.92. The van der Waals surface area contributed by atoms with Crippen molar-refractivity contribution in [3.05, 3.63) is 57.8 Å². The highest BCUT2D eigenvalue weighted by atomic mass is 35.5. The van der Waals surface area contributed by atoms with Crippen molar-refractivity contribution in [2.24, 2.45) is 0 Å². The molecule has 0 N–H and O–H groups in total. The molecule has 2 aromatic carbocycles. The van der Waals surface area contributed by atoms with Gasteiger partial charge in [-0.15, -0.1) is 0 Å². The average molecular weight is 269 g/mol. The third-order valence-electron chi connectivity index (χ3n) is 2.38. The first kappa shape index (κ1) is 12.1. The molecule has 2 rings (SSSR count). The first-order valence-electron chi connectivity index (χ1n) is 4.82. The summed E-state index contributed by atoms with van der Waals surface area (Å²) in [6.45, 7) is 0. The largest absolute Gasteiger partial charge is 0.298 e. The summed E-state index contributed by atoms with van der Waals surface area (Å²) in [4.78, 5) is 10.7. The van der Waals surface area contributed by atoms with Gasteiger partial charge in [0.15, 0.2) is 6.29 Å². The van der Waals surface area contributed by atoms with Gasteiger partial charge in [0.05, 0.1) is 5.56 Å². The van der Waals surface area contributed by atoms with Crippen molar-refractivity contribution in [2.45, 2.75) is 0 Å². The van der Waals surface area contributed by atoms with Gasteiger partial charge in [-0.3, -0.25) is 4.79 Å². The Hall–Kier alpha value is -1.38. The van der Waals surface area contributed by atoms with Crippen LogP contribution in [0.4, 0.5) is 4.39 Å². The van der Waals surface area contributed by atoms with Crippen LogP contribution in [0.3, 0.4) is 0 Å². The van der Waals surface area contributed by atoms with E-state index in [1.165, 1.54) is 12.1 Å². The number of rotatable bonds is 2. The van der Waals surface area contributed by atoms with E-state index >= 15 is 0 Å². The van der Waals surface area contributed by atoms with Crippen molar-refractivity contribution in [3.8, 4) is 11.1 Å². The highest BCUT2D eigenvalue weighted by Gasteiger charge is 2.12. The standard InChI is InChI=1S/C13H7Cl2FO/c14-9-4-5-10(12(15)6-9)11-3-1-2-8(7-17)13(11)16/h1-7H. The Bertz CT molecular complexity index is 582. The summed E-state index contributed by atoms with van der Waals surface area (Å²) in [7, 11) is 0. The van der Waals surface area contributed by atoms with E-state index in [9.17, 15) is 9.18 Å². The van der Waals surface area contributed by atoms with Gasteiger partial charge in [0.25, 0.3) is 0 Å². The minimum atomic E-state index is -0.577. The van der Waals surface area contributed by atoms with Crippen molar-refractivity contribution in [1.82, 2.24) is 0 Å². The second-order valence-electron chi connectivity index (χ2n) is 3.45. The van der Waals surface area contributed by atoms with Gasteiger partial charge in [-0.05, 0) is 18.2 Å². The van der Waals surface area contributed by atoms with Gasteiger partial charge in [0, 0.05) is 21.2 Å². The molecule has 0 saturated heterocycles. The Labute approximate surface area is 108 Å². The van der Waals surface area contributed by atoms with Crippen molar-refractivity contribution < 1.29 is 9.18 Å². The fourth-order valence-electron chi connectivity index (χ4n) is 1.56. The lowest BCUT2D eigenvalue weighted by molar-refractivity contribution is 0.112. The molecule has 17 heavy (non-hydrogen) atoms. The van der Waals surface area contributed by atoms with Crippen LogP contribution in [-0.4, -0.2) is 6.29 Å². The number of halogens is 3. The minimum absolute atomic E-state index is 0.00789. The van der Waals surface area contributed by atoms with Gasteiger partial charge in [-0.25, -0.2) is 4.39 Å². The number of carbonyl (C=O) groups is 1. The minimum Gasteiger partial charge on any atom is -0.298 e. The molecule has 0 aliphatic carbocycles. The lowest BCUT2D eigenvalue weighted by atomic mass is 10.0. The maximum Gasteiger partial charge on any atom is 0.153 e. The molecule has 0 spiro atoms. The third kappa shape index (κ3) is 2.33. The Morgan fingerprint density at radius 2 is 1.82 bits per heavy atom. The van der Waals surface area contributed by atoms with E-state index in [0.717, 1.165) is 0 Å². The SMILES string of the molecule is O=Cc1cccc(-c2ccc(Cl)cc2Cl)c1F. The zero-order valence-electron chi connectivity index (χ0n) is 8.58. The maximum atomic E-state index is 13.9. The summed E-state index contributed by atoms with van der Waals surface area (Å²) in [5.74, 6) is -0.577. The molecule has 0 fully saturated rings. The van der Waals surface area contributed by atoms with Crippen molar-refractivity contribution in [2.75, 3.05) is 0 Å². The molecule has 4 heteroatoms. The van der Waals surface area contributed by atoms with E-state index in [2.05, 4.69) is 0 Å². The predicted octanol–water partition coefficient (Wildman–Crippen LogP) is 4.61. The van der Waals surface area contributed by atoms with Gasteiger partial charge in [0.1, 0.15) is 5.82 Å². The Morgan fingerprint density at radius 1 is 1.06 bits per heavy atom. The molecule has 0 aliphatic rings. The summed E-state index contributed by atoms with van der Waals surface area (Å²) < 4.78 is 13.9. The second kappa shape index (κ2) is 4.86. The molecule has 0 saturated carbocycles. The van der Waals surface area contributed by atoms with Crippen LogP contribution in [0, 0.1) is 5.82 Å². The highest BCUT2D eigenvalue weighted by molar-refractivity contribution is 6.36. The number of hydrogen-bond acceptors (Lipinski definition) is 1. The van der Waals surface area contributed by atoms with Crippen LogP contribution in [0.5, 0.6) is 0 Å². The normalized spacial score (nSPS) is 10.3. The number of benzene rings is 2. The van der Waals surface area contributed by atoms with Gasteiger partial charge >= 0.3 is 0 Å². The summed E-state index contributed by atoms with van der Waals surface area (Å²) in [5, 5.41) is 0.824. The van der Waals surface area contributed by atoms with Crippen LogP contribution < -0.4 is 0 Å². The second-order valence-corrected chi connectivity index (χ2v) is 4.29. The highest BCUT2D eigenvalue weighted by Crippen LogP contribution is 2.32. The van der Waals surface area contributed by atoms with Crippen molar-refractivity contribution >= 4 is 29.5 Å². The number of aldehydes is 1. The van der Waals surface area contributed by atoms with Crippen LogP contribution in [0.25, 0.3) is 11.1 Å². The van der Waals surface area contributed by atoms with Gasteiger partial charge in [0.2, 0.25) is 0 Å². The van der Waals surface area contributed by atoms with Crippen molar-refractivity contribution in [1.29, 1.82) is 0 Å². The van der Waals surface area contributed by atoms with Crippen LogP contribution in [0.1, 0.15) is 10.4 Å². The van der Waals surface area contributed by atoms with Gasteiger partial charge in [-0.1, -0.05) is 41.4 Å². The topological polar surface area (TPSA) is 17.1 Å². The molecule has 0 aromatic heterocycles. The van der Waals surface area contributed by atoms with Gasteiger partial charge < -0.3 is 0 Å². The van der Waals surface area contributed by atoms with Crippen LogP contribution in [0.15, 0.2) is 36.4 Å². The van der Waals surface area contributed by atoms with Crippen LogP contribution >= 0.6 is 23.2 Å². The lowest BCUT2D eigenvalue weighted by Gasteiger charge is -2.07. The van der Waals surface area contributed by atoms with Crippen LogP contribution in [0.2, 0.25) is 10.0 Å². The van der Waals surface area contributed by atoms with E-state index in [0.29, 0.717) is 21.9 Å². The fourth-order valence-corrected chi connectivity index (χ4v) is 2.07. The molecular weight excluding hydrogens is 262 g/mol. The van der Waals surface area contributed by atoms with E-state index < -0.39 is 5.82 Å². The molecule has 0 amide bonds. The molecule has 2 aromatic rings. The van der Waals surface area contributed by atoms with Crippen LogP contribution in [-0.2, 0) is 0 Å². The predicted molar refractivity (Wildman–Crippen MR) is 67.2 cm³/mol. The lowest BCUT2D eigenvalue weighted by Crippen LogP contribution is -1.92. The molecule has 0 atom stereocenters. The maximum absolute atomic E-state index is 13.9. The van der Waals surface area contributed by atoms with E-state index in [1.807, 2.05) is 0 Å². The molecule has 86 valence electrons. The van der Waals surface area contributed by atoms with Gasteiger partial charge in [-0.2, -0.15) is 0 Å². The first-order chi connectivity index (χ1) is 8.13. The first-order valence-corrected chi connectivity index (χ1v) is 5.58. The summed E-state index contributed by atoms with van der Waals surface area (Å²) in [6.07, 6.45) is 0.475. The molecule has 0 radical (unpaired) electrons. The molecular formula is C13H7Cl2FO. The number of hydrogen-bond donors (Lipinski definition) is 0. The summed E-state index contributed by atoms with van der Waals surface area (Å²) in [5.41, 5.74) is 0.807. The Kier molecular flexibility index (Phi) is 3.46. The quantitative estimate of drug-likeness (QED) is 0.727. The molecule has 0 unspecified atom stereocenters. The van der Waals surface area contributed by atoms with E-state index in [-0.39, 0.29) is 11.1 Å². The van der Waals surface area contributed by atoms with E-state index in [1.54, 1.807) is 24.3 Å². The average Bonchev–Trinajstić information content (AvgIpc) is 2.30. The number of carbonyl (C=O) groups excluding carboxylic acids is 1. The summed E-state index contributed by atoms with van der Waals surface area (Å²) in [6, 6.07) is 9.36. The fraction of sp³-hybridized carbons (Fsp3) is 0. The van der Waals surface area contributed by atoms with Crippen molar-refractivity contribution in [3.63, 3.8) is 0 Å². The molecule has 0 aliphatic heterocycles. The Balaban J connectivity index is 2.64. The monoisotopic (exact) mass is 268 g/mol. The van der Waals surface area contributed by atoms with E-state index in [4.69, 9.17) is 23.2 Å². The molecule has 1 nitrogen and oxygen atoms in total. The molecule has 0 bridgehead atoms.